The van der Waals surface area contributed by atoms with E-state index in [1.165, 1.54) is 13.1 Å². The summed E-state index contributed by atoms with van der Waals surface area (Å²) in [7, 11) is 0. The fraction of sp³-hybridized carbons (Fsp3) is 0.368. The molecule has 0 radical (unpaired) electrons. The lowest BCUT2D eigenvalue weighted by molar-refractivity contribution is -0.137. The Kier molecular flexibility index (Phi) is 4.44. The van der Waals surface area contributed by atoms with Crippen molar-refractivity contribution in [1.82, 2.24) is 25.1 Å². The standard InChI is InChI=1S/C19H18F3N5O2/c1-9-5-11(19(20,21)22)6-14(28)16(9)13-8-24-17-10(2)27(26-18(17)25-13)12-3-4-15(29)23-7-12/h5-6,8,12,28H,3-4,7H2,1-2H3,(H,23,29). The van der Waals surface area contributed by atoms with Crippen molar-refractivity contribution in [2.75, 3.05) is 6.54 Å². The van der Waals surface area contributed by atoms with Crippen LogP contribution in [0.1, 0.15) is 35.7 Å². The first-order chi connectivity index (χ1) is 13.6. The lowest BCUT2D eigenvalue weighted by Gasteiger charge is -2.23. The molecule has 2 aromatic heterocycles. The molecule has 2 N–H and O–H groups in total. The molecule has 10 heteroatoms. The van der Waals surface area contributed by atoms with Gasteiger partial charge in [0.1, 0.15) is 11.3 Å². The van der Waals surface area contributed by atoms with Crippen molar-refractivity contribution in [3.63, 3.8) is 0 Å². The molecule has 0 saturated carbocycles. The van der Waals surface area contributed by atoms with Gasteiger partial charge in [0.25, 0.3) is 0 Å². The SMILES string of the molecule is Cc1cc(C(F)(F)F)cc(O)c1-c1cnc2c(C)n(C3CCC(=O)NC3)nc2n1. The van der Waals surface area contributed by atoms with Gasteiger partial charge in [0, 0.05) is 18.5 Å². The molecule has 1 unspecified atom stereocenters. The third-order valence-electron chi connectivity index (χ3n) is 5.13. The number of amides is 1. The Bertz CT molecular complexity index is 1090. The fourth-order valence-corrected chi connectivity index (χ4v) is 3.66. The van der Waals surface area contributed by atoms with Crippen molar-refractivity contribution < 1.29 is 23.1 Å². The van der Waals surface area contributed by atoms with E-state index in [9.17, 15) is 23.1 Å². The van der Waals surface area contributed by atoms with Gasteiger partial charge in [-0.25, -0.2) is 9.97 Å². The fourth-order valence-electron chi connectivity index (χ4n) is 3.66. The van der Waals surface area contributed by atoms with Crippen molar-refractivity contribution in [1.29, 1.82) is 0 Å². The number of phenols is 1. The van der Waals surface area contributed by atoms with Crippen LogP contribution in [0.2, 0.25) is 0 Å². The maximum Gasteiger partial charge on any atom is 0.416 e. The van der Waals surface area contributed by atoms with Gasteiger partial charge in [0.05, 0.1) is 29.2 Å². The first kappa shape index (κ1) is 19.2. The van der Waals surface area contributed by atoms with Crippen LogP contribution < -0.4 is 5.32 Å². The summed E-state index contributed by atoms with van der Waals surface area (Å²) < 4.78 is 40.7. The predicted octanol–water partition coefficient (Wildman–Crippen LogP) is 3.29. The summed E-state index contributed by atoms with van der Waals surface area (Å²) in [4.78, 5) is 20.2. The van der Waals surface area contributed by atoms with Crippen molar-refractivity contribution in [3.8, 4) is 17.0 Å². The van der Waals surface area contributed by atoms with Gasteiger partial charge in [0.2, 0.25) is 11.6 Å². The van der Waals surface area contributed by atoms with Crippen molar-refractivity contribution in [2.24, 2.45) is 0 Å². The smallest absolute Gasteiger partial charge is 0.416 e. The topological polar surface area (TPSA) is 92.9 Å². The molecule has 1 aliphatic rings. The molecular weight excluding hydrogens is 387 g/mol. The van der Waals surface area contributed by atoms with Gasteiger partial charge in [-0.15, -0.1) is 5.10 Å². The van der Waals surface area contributed by atoms with Crippen LogP contribution in [0.3, 0.4) is 0 Å². The predicted molar refractivity (Wildman–Crippen MR) is 98.2 cm³/mol. The van der Waals surface area contributed by atoms with E-state index in [0.29, 0.717) is 36.6 Å². The zero-order valence-electron chi connectivity index (χ0n) is 15.7. The Morgan fingerprint density at radius 1 is 1.28 bits per heavy atom. The quantitative estimate of drug-likeness (QED) is 0.683. The van der Waals surface area contributed by atoms with Gasteiger partial charge in [0.15, 0.2) is 0 Å². The number of benzene rings is 1. The van der Waals surface area contributed by atoms with Crippen LogP contribution in [0.4, 0.5) is 13.2 Å². The van der Waals surface area contributed by atoms with Gasteiger partial charge in [-0.3, -0.25) is 9.48 Å². The molecule has 1 fully saturated rings. The highest BCUT2D eigenvalue weighted by Crippen LogP contribution is 2.38. The minimum Gasteiger partial charge on any atom is -0.507 e. The Labute approximate surface area is 163 Å². The number of fused-ring (bicyclic) bond motifs is 1. The summed E-state index contributed by atoms with van der Waals surface area (Å²) in [6, 6.07) is 1.63. The summed E-state index contributed by atoms with van der Waals surface area (Å²) in [5.41, 5.74) is 1.41. The first-order valence-electron chi connectivity index (χ1n) is 9.05. The molecule has 0 spiro atoms. The number of rotatable bonds is 2. The molecule has 0 aliphatic carbocycles. The summed E-state index contributed by atoms with van der Waals surface area (Å²) >= 11 is 0. The maximum absolute atomic E-state index is 13.0. The molecule has 4 rings (SSSR count). The van der Waals surface area contributed by atoms with Gasteiger partial charge in [-0.05, 0) is 38.0 Å². The summed E-state index contributed by atoms with van der Waals surface area (Å²) in [6.07, 6.45) is -2.08. The summed E-state index contributed by atoms with van der Waals surface area (Å²) in [5.74, 6) is -0.514. The maximum atomic E-state index is 13.0. The van der Waals surface area contributed by atoms with Crippen LogP contribution in [0, 0.1) is 13.8 Å². The Morgan fingerprint density at radius 3 is 2.66 bits per heavy atom. The summed E-state index contributed by atoms with van der Waals surface area (Å²) in [5, 5.41) is 17.5. The van der Waals surface area contributed by atoms with Gasteiger partial charge in [-0.2, -0.15) is 13.2 Å². The zero-order valence-corrected chi connectivity index (χ0v) is 15.7. The number of halogens is 3. The van der Waals surface area contributed by atoms with Crippen LogP contribution in [0.5, 0.6) is 5.75 Å². The van der Waals surface area contributed by atoms with E-state index in [2.05, 4.69) is 20.4 Å². The second-order valence-electron chi connectivity index (χ2n) is 7.14. The lowest BCUT2D eigenvalue weighted by atomic mass is 10.0. The van der Waals surface area contributed by atoms with Crippen molar-refractivity contribution >= 4 is 17.1 Å². The molecule has 29 heavy (non-hydrogen) atoms. The number of aromatic nitrogens is 4. The number of hydrogen-bond donors (Lipinski definition) is 2. The highest BCUT2D eigenvalue weighted by Gasteiger charge is 2.32. The molecule has 7 nitrogen and oxygen atoms in total. The van der Waals surface area contributed by atoms with E-state index < -0.39 is 17.5 Å². The number of nitrogens with zero attached hydrogens (tertiary/aromatic N) is 4. The van der Waals surface area contributed by atoms with Crippen LogP contribution in [0.25, 0.3) is 22.4 Å². The van der Waals surface area contributed by atoms with E-state index in [1.54, 1.807) is 4.68 Å². The van der Waals surface area contributed by atoms with E-state index in [1.807, 2.05) is 6.92 Å². The number of aromatic hydroxyl groups is 1. The Hall–Kier alpha value is -3.17. The molecule has 1 aliphatic heterocycles. The van der Waals surface area contributed by atoms with Crippen LogP contribution >= 0.6 is 0 Å². The van der Waals surface area contributed by atoms with Crippen LogP contribution in [-0.2, 0) is 11.0 Å². The van der Waals surface area contributed by atoms with Gasteiger partial charge >= 0.3 is 6.18 Å². The molecule has 1 aromatic carbocycles. The molecule has 3 heterocycles. The molecule has 3 aromatic rings. The minimum absolute atomic E-state index is 0.00223. The summed E-state index contributed by atoms with van der Waals surface area (Å²) in [6.45, 7) is 3.78. The molecule has 0 bridgehead atoms. The highest BCUT2D eigenvalue weighted by atomic mass is 19.4. The first-order valence-corrected chi connectivity index (χ1v) is 9.05. The van der Waals surface area contributed by atoms with Crippen molar-refractivity contribution in [3.05, 3.63) is 35.2 Å². The second kappa shape index (κ2) is 6.71. The van der Waals surface area contributed by atoms with E-state index in [-0.39, 0.29) is 28.8 Å². The number of hydrogen-bond acceptors (Lipinski definition) is 5. The lowest BCUT2D eigenvalue weighted by Crippen LogP contribution is -2.36. The number of carbonyl (C=O) groups excluding carboxylic acids is 1. The Morgan fingerprint density at radius 2 is 2.03 bits per heavy atom. The second-order valence-corrected chi connectivity index (χ2v) is 7.14. The Balaban J connectivity index is 1.76. The van der Waals surface area contributed by atoms with Gasteiger partial charge in [-0.1, -0.05) is 0 Å². The largest absolute Gasteiger partial charge is 0.507 e. The third kappa shape index (κ3) is 3.39. The van der Waals surface area contributed by atoms with Crippen LogP contribution in [-0.4, -0.2) is 37.3 Å². The number of piperidine rings is 1. The van der Waals surface area contributed by atoms with Crippen molar-refractivity contribution in [2.45, 2.75) is 38.9 Å². The number of alkyl halides is 3. The minimum atomic E-state index is -4.55. The molecule has 1 saturated heterocycles. The monoisotopic (exact) mass is 405 g/mol. The normalized spacial score (nSPS) is 17.6. The highest BCUT2D eigenvalue weighted by molar-refractivity contribution is 5.79. The molecule has 1 atom stereocenters. The van der Waals surface area contributed by atoms with Crippen LogP contribution in [0.15, 0.2) is 18.3 Å². The third-order valence-corrected chi connectivity index (χ3v) is 5.13. The number of phenolic OH excluding ortho intramolecular Hbond substituents is 1. The van der Waals surface area contributed by atoms with E-state index in [0.717, 1.165) is 11.8 Å². The number of carbonyl (C=O) groups is 1. The number of aryl methyl sites for hydroxylation is 2. The number of nitrogens with one attached hydrogen (secondary N) is 1. The zero-order chi connectivity index (χ0) is 20.9. The van der Waals surface area contributed by atoms with E-state index >= 15 is 0 Å². The molecular formula is C19H18F3N5O2. The van der Waals surface area contributed by atoms with Gasteiger partial charge < -0.3 is 10.4 Å². The van der Waals surface area contributed by atoms with E-state index in [4.69, 9.17) is 0 Å². The average molecular weight is 405 g/mol. The molecule has 1 amide bonds. The molecule has 152 valence electrons. The average Bonchev–Trinajstić information content (AvgIpc) is 2.97.